The van der Waals surface area contributed by atoms with E-state index in [0.29, 0.717) is 29.9 Å². The van der Waals surface area contributed by atoms with Crippen LogP contribution in [0.25, 0.3) is 11.1 Å². The fourth-order valence-corrected chi connectivity index (χ4v) is 4.95. The van der Waals surface area contributed by atoms with E-state index >= 15 is 0 Å². The quantitative estimate of drug-likeness (QED) is 0.0518. The number of oxime groups is 1. The molecule has 2 unspecified atom stereocenters. The van der Waals surface area contributed by atoms with E-state index < -0.39 is 58.2 Å². The summed E-state index contributed by atoms with van der Waals surface area (Å²) in [5.74, 6) is -2.76. The van der Waals surface area contributed by atoms with E-state index in [2.05, 4.69) is 35.0 Å². The lowest BCUT2D eigenvalue weighted by atomic mass is 9.84. The van der Waals surface area contributed by atoms with Crippen molar-refractivity contribution in [2.45, 2.75) is 31.5 Å². The zero-order chi connectivity index (χ0) is 33.6. The molecule has 21 heteroatoms. The third-order valence-corrected chi connectivity index (χ3v) is 7.33. The topological polar surface area (TPSA) is 284 Å². The number of carboxylic acid groups (broad SMARTS) is 1. The number of hydrogen-bond donors (Lipinski definition) is 6. The molecule has 1 aromatic carbocycles. The molecule has 19 nitrogen and oxygen atoms in total. The molecule has 2 aromatic heterocycles. The van der Waals surface area contributed by atoms with Crippen molar-refractivity contribution in [2.24, 2.45) is 10.9 Å². The highest BCUT2D eigenvalue weighted by molar-refractivity contribution is 7.80. The molecule has 0 bridgehead atoms. The average molecular weight is 680 g/mol. The van der Waals surface area contributed by atoms with Crippen LogP contribution in [0.5, 0.6) is 5.75 Å². The number of aromatic nitrogens is 3. The average Bonchev–Trinajstić information content (AvgIpc) is 3.44. The number of nitrogen functional groups attached to an aromatic ring is 1. The molecule has 1 saturated heterocycles. The van der Waals surface area contributed by atoms with Crippen LogP contribution in [0.2, 0.25) is 0 Å². The monoisotopic (exact) mass is 679 g/mol. The molecule has 1 fully saturated rings. The van der Waals surface area contributed by atoms with E-state index in [4.69, 9.17) is 25.6 Å². The second-order valence-electron chi connectivity index (χ2n) is 9.98. The van der Waals surface area contributed by atoms with Gasteiger partial charge in [0.25, 0.3) is 17.9 Å². The number of nitrogens with one attached hydrogen (secondary N) is 2. The molecule has 3 heterocycles. The number of aliphatic carboxylic acids is 1. The Balaban J connectivity index is 1.43. The Morgan fingerprint density at radius 1 is 1.20 bits per heavy atom. The van der Waals surface area contributed by atoms with E-state index in [0.717, 1.165) is 22.5 Å². The highest BCUT2D eigenvalue weighted by atomic mass is 32.3. The number of carbonyl (C=O) groups is 3. The summed E-state index contributed by atoms with van der Waals surface area (Å²) < 4.78 is 40.9. The minimum absolute atomic E-state index is 0.0515. The molecule has 2 amide bonds. The predicted molar refractivity (Wildman–Crippen MR) is 162 cm³/mol. The van der Waals surface area contributed by atoms with Gasteiger partial charge in [-0.25, -0.2) is 19.7 Å². The summed E-state index contributed by atoms with van der Waals surface area (Å²) in [4.78, 5) is 55.1. The number of nitrogens with zero attached hydrogens (tertiary/aromatic N) is 5. The largest absolute Gasteiger partial charge is 0.489 e. The van der Waals surface area contributed by atoms with Gasteiger partial charge in [-0.15, -0.1) is 15.6 Å². The molecular weight excluding hydrogens is 650 g/mol. The molecule has 1 aliphatic rings. The van der Waals surface area contributed by atoms with Crippen molar-refractivity contribution in [3.05, 3.63) is 47.7 Å². The van der Waals surface area contributed by atoms with Gasteiger partial charge in [0.1, 0.15) is 24.1 Å². The lowest BCUT2D eigenvalue weighted by Crippen LogP contribution is -2.76. The SMILES string of the molecule is CC1(C)C(NC(=O)C(=NOC(COc2ccc(-c3cnc(NCCN)nc3)cc2)C(=O)O)c2csc(N)n2)C(=O)N1OS(=O)(=O)O. The second-order valence-corrected chi connectivity index (χ2v) is 11.9. The van der Waals surface area contributed by atoms with Crippen LogP contribution in [0.4, 0.5) is 11.1 Å². The first-order chi connectivity index (χ1) is 21.7. The number of thiazole rings is 1. The lowest BCUT2D eigenvalue weighted by Gasteiger charge is -2.50. The van der Waals surface area contributed by atoms with Crippen molar-refractivity contribution in [3.8, 4) is 16.9 Å². The van der Waals surface area contributed by atoms with Crippen LogP contribution < -0.4 is 26.8 Å². The van der Waals surface area contributed by atoms with Crippen molar-refractivity contribution < 1.29 is 46.3 Å². The summed E-state index contributed by atoms with van der Waals surface area (Å²) in [5.41, 5.74) is 10.6. The molecule has 3 aromatic rings. The first-order valence-corrected chi connectivity index (χ1v) is 15.4. The number of amides is 2. The zero-order valence-corrected chi connectivity index (χ0v) is 25.8. The highest BCUT2D eigenvalue weighted by Gasteiger charge is 2.58. The van der Waals surface area contributed by atoms with Crippen LogP contribution in [-0.2, 0) is 33.9 Å². The van der Waals surface area contributed by atoms with Crippen molar-refractivity contribution >= 4 is 56.3 Å². The van der Waals surface area contributed by atoms with Gasteiger partial charge in [0.05, 0.1) is 5.54 Å². The summed E-state index contributed by atoms with van der Waals surface area (Å²) in [6.45, 7) is 3.16. The van der Waals surface area contributed by atoms with Gasteiger partial charge in [0, 0.05) is 36.4 Å². The van der Waals surface area contributed by atoms with Gasteiger partial charge in [0.2, 0.25) is 5.95 Å². The van der Waals surface area contributed by atoms with E-state index in [1.807, 2.05) is 0 Å². The normalized spacial score (nSPS) is 16.7. The fourth-order valence-electron chi connectivity index (χ4n) is 3.95. The second kappa shape index (κ2) is 14.0. The number of hydroxylamine groups is 2. The summed E-state index contributed by atoms with van der Waals surface area (Å²) in [6.07, 6.45) is 1.56. The van der Waals surface area contributed by atoms with Gasteiger partial charge in [0.15, 0.2) is 10.8 Å². The van der Waals surface area contributed by atoms with Crippen molar-refractivity contribution in [1.29, 1.82) is 0 Å². The third kappa shape index (κ3) is 8.19. The third-order valence-electron chi connectivity index (χ3n) is 6.32. The van der Waals surface area contributed by atoms with Gasteiger partial charge >= 0.3 is 16.4 Å². The molecule has 0 saturated carbocycles. The number of hydrogen-bond acceptors (Lipinski definition) is 16. The maximum Gasteiger partial charge on any atom is 0.418 e. The molecule has 2 atom stereocenters. The van der Waals surface area contributed by atoms with E-state index in [1.54, 1.807) is 36.7 Å². The number of anilines is 2. The van der Waals surface area contributed by atoms with E-state index in [9.17, 15) is 27.9 Å². The van der Waals surface area contributed by atoms with Gasteiger partial charge in [-0.2, -0.15) is 13.5 Å². The maximum absolute atomic E-state index is 13.2. The van der Waals surface area contributed by atoms with E-state index in [-0.39, 0.29) is 10.8 Å². The smallest absolute Gasteiger partial charge is 0.418 e. The molecular formula is C25H29N9O10S2. The molecule has 0 aliphatic carbocycles. The Bertz CT molecular complexity index is 1710. The lowest BCUT2D eigenvalue weighted by molar-refractivity contribution is -0.218. The van der Waals surface area contributed by atoms with Crippen molar-refractivity contribution in [3.63, 3.8) is 0 Å². The summed E-state index contributed by atoms with van der Waals surface area (Å²) in [7, 11) is -5.02. The van der Waals surface area contributed by atoms with Crippen LogP contribution in [0, 0.1) is 0 Å². The van der Waals surface area contributed by atoms with Crippen LogP contribution >= 0.6 is 11.3 Å². The van der Waals surface area contributed by atoms with Gasteiger partial charge in [-0.3, -0.25) is 14.1 Å². The number of nitrogens with two attached hydrogens (primary N) is 2. The minimum atomic E-state index is -5.02. The first-order valence-electron chi connectivity index (χ1n) is 13.2. The van der Waals surface area contributed by atoms with E-state index in [1.165, 1.54) is 19.2 Å². The summed E-state index contributed by atoms with van der Waals surface area (Å²) in [5, 5.41) is 20.5. The Labute approximate surface area is 265 Å². The standard InChI is InChI=1S/C25H29N9O10S2/c1-25(2)19(21(36)34(25)44-46(39,40)41)32-20(35)18(16-12-45-23(27)31-16)33-43-17(22(37)38)11-42-15-5-3-13(4-6-15)14-9-29-24(30-10-14)28-8-7-26/h3-6,9-10,12,17,19H,7-8,11,26H2,1-2H3,(H2,27,31)(H,32,35)(H,37,38)(H,28,29,30)(H,39,40,41). The van der Waals surface area contributed by atoms with Crippen LogP contribution in [0.3, 0.4) is 0 Å². The Morgan fingerprint density at radius 2 is 1.87 bits per heavy atom. The minimum Gasteiger partial charge on any atom is -0.489 e. The number of benzene rings is 1. The molecule has 246 valence electrons. The van der Waals surface area contributed by atoms with Crippen LogP contribution in [0.1, 0.15) is 19.5 Å². The number of carbonyl (C=O) groups excluding carboxylic acids is 2. The molecule has 46 heavy (non-hydrogen) atoms. The molecule has 0 radical (unpaired) electrons. The predicted octanol–water partition coefficient (Wildman–Crippen LogP) is -0.354. The number of β-lactam (4-membered cyclic amide) rings is 1. The van der Waals surface area contributed by atoms with Crippen molar-refractivity contribution in [2.75, 3.05) is 30.7 Å². The molecule has 8 N–H and O–H groups in total. The van der Waals surface area contributed by atoms with Gasteiger partial charge < -0.3 is 36.8 Å². The van der Waals surface area contributed by atoms with Gasteiger partial charge in [-0.1, -0.05) is 17.3 Å². The molecule has 0 spiro atoms. The summed E-state index contributed by atoms with van der Waals surface area (Å²) >= 11 is 0.951. The fraction of sp³-hybridized carbons (Fsp3) is 0.320. The zero-order valence-electron chi connectivity index (χ0n) is 24.2. The highest BCUT2D eigenvalue weighted by Crippen LogP contribution is 2.33. The first kappa shape index (κ1) is 33.9. The Hall–Kier alpha value is -4.96. The molecule has 1 aliphatic heterocycles. The Morgan fingerprint density at radius 3 is 2.41 bits per heavy atom. The van der Waals surface area contributed by atoms with Crippen molar-refractivity contribution in [1.82, 2.24) is 25.3 Å². The number of carboxylic acids is 1. The van der Waals surface area contributed by atoms with Crippen LogP contribution in [-0.4, -0.2) is 99.0 Å². The van der Waals surface area contributed by atoms with Crippen LogP contribution in [0.15, 0.2) is 47.2 Å². The number of ether oxygens (including phenoxy) is 1. The maximum atomic E-state index is 13.2. The number of rotatable bonds is 15. The Kier molecular flexibility index (Phi) is 10.3. The van der Waals surface area contributed by atoms with Gasteiger partial charge in [-0.05, 0) is 31.5 Å². The molecule has 4 rings (SSSR count). The summed E-state index contributed by atoms with van der Waals surface area (Å²) in [6, 6.07) is 5.30.